The molecule has 1 aliphatic carbocycles. The van der Waals surface area contributed by atoms with E-state index in [9.17, 15) is 32.1 Å². The van der Waals surface area contributed by atoms with E-state index in [1.165, 1.54) is 37.4 Å². The van der Waals surface area contributed by atoms with Gasteiger partial charge >= 0.3 is 0 Å². The Labute approximate surface area is 215 Å². The van der Waals surface area contributed by atoms with Gasteiger partial charge in [-0.1, -0.05) is 0 Å². The molecule has 38 heavy (non-hydrogen) atoms. The molecule has 196 valence electrons. The van der Waals surface area contributed by atoms with E-state index >= 15 is 0 Å². The monoisotopic (exact) mass is 541 g/mol. The summed E-state index contributed by atoms with van der Waals surface area (Å²) in [5.74, 6) is -2.38. The Hall–Kier alpha value is -4.32. The summed E-state index contributed by atoms with van der Waals surface area (Å²) in [6.07, 6.45) is 1.63. The van der Waals surface area contributed by atoms with Gasteiger partial charge in [0.2, 0.25) is 10.0 Å². The number of nitro benzene ring substituents is 1. The van der Waals surface area contributed by atoms with E-state index in [-0.39, 0.29) is 34.1 Å². The van der Waals surface area contributed by atoms with Crippen LogP contribution in [0.2, 0.25) is 0 Å². The molecule has 5 rings (SSSR count). The molecule has 1 aliphatic rings. The van der Waals surface area contributed by atoms with Gasteiger partial charge in [-0.2, -0.15) is 0 Å². The fourth-order valence-electron chi connectivity index (χ4n) is 4.31. The Kier molecular flexibility index (Phi) is 6.35. The van der Waals surface area contributed by atoms with E-state index in [1.54, 1.807) is 6.07 Å². The predicted molar refractivity (Wildman–Crippen MR) is 136 cm³/mol. The summed E-state index contributed by atoms with van der Waals surface area (Å²) in [5, 5.41) is 13.9. The van der Waals surface area contributed by atoms with Crippen LogP contribution in [0.15, 0.2) is 59.0 Å². The second kappa shape index (κ2) is 9.53. The Morgan fingerprint density at radius 3 is 2.42 bits per heavy atom. The summed E-state index contributed by atoms with van der Waals surface area (Å²) in [6, 6.07) is 11.4. The summed E-state index contributed by atoms with van der Waals surface area (Å²) < 4.78 is 62.4. The minimum atomic E-state index is -4.14. The lowest BCUT2D eigenvalue weighted by Gasteiger charge is -2.13. The van der Waals surface area contributed by atoms with E-state index < -0.39 is 43.9 Å². The summed E-state index contributed by atoms with van der Waals surface area (Å²) >= 11 is 0. The van der Waals surface area contributed by atoms with Crippen molar-refractivity contribution in [2.24, 2.45) is 0 Å². The molecule has 9 nitrogen and oxygen atoms in total. The third-order valence-electron chi connectivity index (χ3n) is 6.30. The third kappa shape index (κ3) is 4.94. The van der Waals surface area contributed by atoms with E-state index in [0.29, 0.717) is 22.6 Å². The van der Waals surface area contributed by atoms with Gasteiger partial charge in [0.05, 0.1) is 28.0 Å². The van der Waals surface area contributed by atoms with Crippen LogP contribution in [0.4, 0.5) is 20.2 Å². The quantitative estimate of drug-likeness (QED) is 0.225. The molecule has 0 aliphatic heterocycles. The molecule has 0 spiro atoms. The average Bonchev–Trinajstić information content (AvgIpc) is 3.65. The highest BCUT2D eigenvalue weighted by Crippen LogP contribution is 2.47. The molecule has 2 N–H and O–H groups in total. The predicted octanol–water partition coefficient (Wildman–Crippen LogP) is 5.47. The first-order chi connectivity index (χ1) is 18.1. The number of sulfonamides is 1. The van der Waals surface area contributed by atoms with Crippen molar-refractivity contribution in [1.82, 2.24) is 5.32 Å². The van der Waals surface area contributed by atoms with Crippen LogP contribution in [-0.2, 0) is 15.8 Å². The average molecular weight is 542 g/mol. The van der Waals surface area contributed by atoms with E-state index in [0.717, 1.165) is 25.0 Å². The normalized spacial score (nSPS) is 13.4. The molecule has 1 aromatic heterocycles. The SMILES string of the molecule is CNC(=O)c1c(-c2ccc(F)cc2)oc2cc(NS(=O)(=O)Cc3ccc([N+](=O)[O-])cc3F)c(C3CC3)cc12. The van der Waals surface area contributed by atoms with Crippen LogP contribution in [0.25, 0.3) is 22.3 Å². The van der Waals surface area contributed by atoms with Crippen molar-refractivity contribution in [3.05, 3.63) is 93.0 Å². The van der Waals surface area contributed by atoms with Crippen molar-refractivity contribution in [3.8, 4) is 11.3 Å². The van der Waals surface area contributed by atoms with E-state index in [1.807, 2.05) is 0 Å². The maximum absolute atomic E-state index is 14.4. The Balaban J connectivity index is 1.56. The summed E-state index contributed by atoms with van der Waals surface area (Å²) in [5.41, 5.74) is 1.09. The molecule has 0 unspecified atom stereocenters. The van der Waals surface area contributed by atoms with Crippen molar-refractivity contribution in [1.29, 1.82) is 0 Å². The van der Waals surface area contributed by atoms with Crippen LogP contribution in [0.1, 0.15) is 40.2 Å². The van der Waals surface area contributed by atoms with Gasteiger partial charge in [-0.05, 0) is 60.7 Å². The lowest BCUT2D eigenvalue weighted by atomic mass is 10.0. The van der Waals surface area contributed by atoms with Gasteiger partial charge in [-0.15, -0.1) is 0 Å². The fraction of sp³-hybridized carbons (Fsp3) is 0.192. The maximum Gasteiger partial charge on any atom is 0.272 e. The minimum Gasteiger partial charge on any atom is -0.455 e. The van der Waals surface area contributed by atoms with Gasteiger partial charge in [-0.3, -0.25) is 19.6 Å². The number of non-ortho nitro benzene ring substituents is 1. The second-order valence-corrected chi connectivity index (χ2v) is 10.7. The molecular weight excluding hydrogens is 520 g/mol. The van der Waals surface area contributed by atoms with Gasteiger partial charge in [0, 0.05) is 35.7 Å². The van der Waals surface area contributed by atoms with Crippen LogP contribution in [0.5, 0.6) is 0 Å². The topological polar surface area (TPSA) is 132 Å². The number of benzene rings is 3. The highest BCUT2D eigenvalue weighted by Gasteiger charge is 2.31. The third-order valence-corrected chi connectivity index (χ3v) is 7.52. The number of anilines is 1. The van der Waals surface area contributed by atoms with Gasteiger partial charge in [-0.25, -0.2) is 17.2 Å². The van der Waals surface area contributed by atoms with Crippen molar-refractivity contribution in [2.45, 2.75) is 24.5 Å². The summed E-state index contributed by atoms with van der Waals surface area (Å²) in [6.45, 7) is 0. The van der Waals surface area contributed by atoms with Gasteiger partial charge < -0.3 is 9.73 Å². The molecule has 1 amide bonds. The molecule has 1 heterocycles. The highest BCUT2D eigenvalue weighted by molar-refractivity contribution is 7.91. The maximum atomic E-state index is 14.4. The zero-order chi connectivity index (χ0) is 27.2. The molecule has 0 radical (unpaired) electrons. The highest BCUT2D eigenvalue weighted by atomic mass is 32.2. The Bertz CT molecular complexity index is 1700. The number of halogens is 2. The molecule has 3 aromatic carbocycles. The molecule has 0 bridgehead atoms. The van der Waals surface area contributed by atoms with Gasteiger partial charge in [0.1, 0.15) is 23.0 Å². The number of fused-ring (bicyclic) bond motifs is 1. The lowest BCUT2D eigenvalue weighted by molar-refractivity contribution is -0.385. The number of furan rings is 1. The number of carbonyl (C=O) groups is 1. The molecule has 0 saturated heterocycles. The Morgan fingerprint density at radius 1 is 1.11 bits per heavy atom. The standard InChI is InChI=1S/C26H21F2N3O6S/c1-29-26(32)24-20-11-19(14-2-3-14)22(12-23(20)37-25(24)15-4-7-17(27)8-5-15)30-38(35,36)13-16-6-9-18(31(33)34)10-21(16)28/h4-12,14,30H,2-3,13H2,1H3,(H,29,32). The van der Waals surface area contributed by atoms with Crippen LogP contribution >= 0.6 is 0 Å². The summed E-state index contributed by atoms with van der Waals surface area (Å²) in [4.78, 5) is 22.9. The lowest BCUT2D eigenvalue weighted by Crippen LogP contribution is -2.18. The van der Waals surface area contributed by atoms with Gasteiger partial charge in [0.25, 0.3) is 11.6 Å². The van der Waals surface area contributed by atoms with Crippen molar-refractivity contribution in [2.75, 3.05) is 11.8 Å². The molecule has 4 aromatic rings. The zero-order valence-electron chi connectivity index (χ0n) is 20.0. The molecule has 0 atom stereocenters. The number of rotatable bonds is 8. The number of nitrogens with one attached hydrogen (secondary N) is 2. The number of amides is 1. The molecule has 1 saturated carbocycles. The van der Waals surface area contributed by atoms with Gasteiger partial charge in [0.15, 0.2) is 0 Å². The van der Waals surface area contributed by atoms with E-state index in [4.69, 9.17) is 4.42 Å². The first-order valence-corrected chi connectivity index (χ1v) is 13.2. The number of carbonyl (C=O) groups excluding carboxylic acids is 1. The van der Waals surface area contributed by atoms with Crippen molar-refractivity contribution >= 4 is 38.3 Å². The minimum absolute atomic E-state index is 0.0509. The first kappa shape index (κ1) is 25.3. The van der Waals surface area contributed by atoms with Crippen LogP contribution in [0, 0.1) is 21.7 Å². The van der Waals surface area contributed by atoms with Crippen LogP contribution in [0.3, 0.4) is 0 Å². The smallest absolute Gasteiger partial charge is 0.272 e. The fourth-order valence-corrected chi connectivity index (χ4v) is 5.54. The van der Waals surface area contributed by atoms with E-state index in [2.05, 4.69) is 10.0 Å². The molecule has 1 fully saturated rings. The second-order valence-electron chi connectivity index (χ2n) is 9.00. The largest absolute Gasteiger partial charge is 0.455 e. The number of hydrogen-bond acceptors (Lipinski definition) is 6. The molecular formula is C26H21F2N3O6S. The van der Waals surface area contributed by atoms with Crippen molar-refractivity contribution < 1.29 is 31.3 Å². The molecule has 12 heteroatoms. The first-order valence-electron chi connectivity index (χ1n) is 11.6. The van der Waals surface area contributed by atoms with Crippen LogP contribution < -0.4 is 10.0 Å². The Morgan fingerprint density at radius 2 is 1.82 bits per heavy atom. The summed E-state index contributed by atoms with van der Waals surface area (Å²) in [7, 11) is -2.67. The van der Waals surface area contributed by atoms with Crippen molar-refractivity contribution in [3.63, 3.8) is 0 Å². The number of hydrogen-bond donors (Lipinski definition) is 2. The number of nitrogens with zero attached hydrogens (tertiary/aromatic N) is 1. The number of nitro groups is 1. The van der Waals surface area contributed by atoms with Crippen LogP contribution in [-0.4, -0.2) is 26.3 Å². The zero-order valence-corrected chi connectivity index (χ0v) is 20.8.